The second-order valence-electron chi connectivity index (χ2n) is 3.85. The van der Waals surface area contributed by atoms with Gasteiger partial charge in [0.1, 0.15) is 5.69 Å². The van der Waals surface area contributed by atoms with E-state index in [1.54, 1.807) is 6.07 Å². The Labute approximate surface area is 83.2 Å². The topological polar surface area (TPSA) is 12.9 Å². The van der Waals surface area contributed by atoms with E-state index in [9.17, 15) is 8.78 Å². The smallest absolute Gasteiger partial charge is 0.255 e. The third-order valence-electron chi connectivity index (χ3n) is 2.55. The average molecular weight is 199 g/mol. The van der Waals surface area contributed by atoms with Crippen LogP contribution in [0.3, 0.4) is 0 Å². The van der Waals surface area contributed by atoms with Gasteiger partial charge < -0.3 is 0 Å². The van der Waals surface area contributed by atoms with Crippen LogP contribution in [-0.2, 0) is 0 Å². The van der Waals surface area contributed by atoms with Crippen LogP contribution in [0, 0.1) is 5.92 Å². The second-order valence-corrected chi connectivity index (χ2v) is 3.85. The molecule has 0 aliphatic rings. The van der Waals surface area contributed by atoms with E-state index < -0.39 is 6.43 Å². The molecular weight excluding hydrogens is 184 g/mol. The van der Waals surface area contributed by atoms with Crippen molar-refractivity contribution in [2.24, 2.45) is 5.92 Å². The summed E-state index contributed by atoms with van der Waals surface area (Å²) >= 11 is 0. The quantitative estimate of drug-likeness (QED) is 0.721. The van der Waals surface area contributed by atoms with Crippen LogP contribution in [0.2, 0.25) is 0 Å². The van der Waals surface area contributed by atoms with Gasteiger partial charge in [-0.3, -0.25) is 4.98 Å². The van der Waals surface area contributed by atoms with Crippen LogP contribution in [0.15, 0.2) is 18.3 Å². The van der Waals surface area contributed by atoms with Crippen molar-refractivity contribution in [1.29, 1.82) is 0 Å². The van der Waals surface area contributed by atoms with Gasteiger partial charge in [0.2, 0.25) is 0 Å². The average Bonchev–Trinajstić information content (AvgIpc) is 2.16. The number of alkyl halides is 2. The van der Waals surface area contributed by atoms with Gasteiger partial charge in [-0.1, -0.05) is 20.8 Å². The number of nitrogens with zero attached hydrogens (tertiary/aromatic N) is 1. The van der Waals surface area contributed by atoms with E-state index in [4.69, 9.17) is 0 Å². The molecule has 1 aromatic heterocycles. The Hall–Kier alpha value is -0.990. The summed E-state index contributed by atoms with van der Waals surface area (Å²) in [6.45, 7) is 6.19. The molecule has 1 atom stereocenters. The Bertz CT molecular complexity index is 297. The van der Waals surface area contributed by atoms with E-state index in [2.05, 4.69) is 18.8 Å². The minimum Gasteiger partial charge on any atom is -0.255 e. The summed E-state index contributed by atoms with van der Waals surface area (Å²) in [6, 6.07) is 3.30. The van der Waals surface area contributed by atoms with Gasteiger partial charge in [-0.05, 0) is 29.5 Å². The molecule has 0 aliphatic heterocycles. The monoisotopic (exact) mass is 199 g/mol. The maximum absolute atomic E-state index is 12.3. The van der Waals surface area contributed by atoms with E-state index in [-0.39, 0.29) is 11.6 Å². The first-order chi connectivity index (χ1) is 6.52. The van der Waals surface area contributed by atoms with Gasteiger partial charge in [0, 0.05) is 6.20 Å². The summed E-state index contributed by atoms with van der Waals surface area (Å²) in [6.07, 6.45) is -1.02. The van der Waals surface area contributed by atoms with E-state index in [0.717, 1.165) is 5.56 Å². The Morgan fingerprint density at radius 3 is 2.36 bits per heavy atom. The molecule has 0 saturated carbocycles. The Kier molecular flexibility index (Phi) is 3.55. The van der Waals surface area contributed by atoms with Crippen molar-refractivity contribution in [2.75, 3.05) is 0 Å². The molecule has 0 bridgehead atoms. The zero-order valence-electron chi connectivity index (χ0n) is 8.67. The van der Waals surface area contributed by atoms with E-state index in [1.807, 2.05) is 6.92 Å². The van der Waals surface area contributed by atoms with Crippen LogP contribution < -0.4 is 0 Å². The summed E-state index contributed by atoms with van der Waals surface area (Å²) in [5, 5.41) is 0. The van der Waals surface area contributed by atoms with Gasteiger partial charge in [0.05, 0.1) is 0 Å². The standard InChI is InChI=1S/C11H15F2N/c1-7(2)8(3)9-4-5-14-10(6-9)11(12)13/h4-8,11H,1-3H3. The number of halogens is 2. The summed E-state index contributed by atoms with van der Waals surface area (Å²) in [5.41, 5.74) is 0.806. The predicted molar refractivity (Wildman–Crippen MR) is 52.4 cm³/mol. The van der Waals surface area contributed by atoms with Gasteiger partial charge in [-0.15, -0.1) is 0 Å². The van der Waals surface area contributed by atoms with Gasteiger partial charge in [0.15, 0.2) is 0 Å². The summed E-state index contributed by atoms with van der Waals surface area (Å²) in [4.78, 5) is 3.63. The van der Waals surface area contributed by atoms with Crippen molar-refractivity contribution in [3.8, 4) is 0 Å². The molecule has 1 heterocycles. The van der Waals surface area contributed by atoms with Gasteiger partial charge >= 0.3 is 0 Å². The third kappa shape index (κ3) is 2.50. The minimum atomic E-state index is -2.48. The highest BCUT2D eigenvalue weighted by Gasteiger charge is 2.14. The first kappa shape index (κ1) is 11.1. The molecule has 0 saturated heterocycles. The number of hydrogen-bond acceptors (Lipinski definition) is 1. The molecule has 0 amide bonds. The Morgan fingerprint density at radius 2 is 1.86 bits per heavy atom. The van der Waals surface area contributed by atoms with Gasteiger partial charge in [-0.25, -0.2) is 8.78 Å². The van der Waals surface area contributed by atoms with Crippen LogP contribution >= 0.6 is 0 Å². The molecule has 0 aliphatic carbocycles. The van der Waals surface area contributed by atoms with Crippen molar-refractivity contribution in [3.05, 3.63) is 29.6 Å². The number of rotatable bonds is 3. The number of hydrogen-bond donors (Lipinski definition) is 0. The lowest BCUT2D eigenvalue weighted by Gasteiger charge is -2.16. The van der Waals surface area contributed by atoms with Crippen molar-refractivity contribution in [1.82, 2.24) is 4.98 Å². The van der Waals surface area contributed by atoms with Gasteiger partial charge in [0.25, 0.3) is 6.43 Å². The fourth-order valence-electron chi connectivity index (χ4n) is 1.25. The fourth-order valence-corrected chi connectivity index (χ4v) is 1.25. The lowest BCUT2D eigenvalue weighted by atomic mass is 9.91. The molecule has 1 aromatic rings. The number of aromatic nitrogens is 1. The zero-order chi connectivity index (χ0) is 10.7. The first-order valence-corrected chi connectivity index (χ1v) is 4.76. The molecule has 1 nitrogen and oxygen atoms in total. The van der Waals surface area contributed by atoms with Crippen molar-refractivity contribution in [3.63, 3.8) is 0 Å². The normalized spacial score (nSPS) is 13.6. The van der Waals surface area contributed by atoms with E-state index in [1.165, 1.54) is 12.3 Å². The van der Waals surface area contributed by atoms with Crippen LogP contribution in [0.4, 0.5) is 8.78 Å². The van der Waals surface area contributed by atoms with E-state index in [0.29, 0.717) is 5.92 Å². The molecule has 78 valence electrons. The highest BCUT2D eigenvalue weighted by atomic mass is 19.3. The van der Waals surface area contributed by atoms with Crippen LogP contribution in [0.1, 0.15) is 44.4 Å². The van der Waals surface area contributed by atoms with E-state index >= 15 is 0 Å². The lowest BCUT2D eigenvalue weighted by molar-refractivity contribution is 0.146. The molecule has 0 radical (unpaired) electrons. The van der Waals surface area contributed by atoms with Crippen molar-refractivity contribution in [2.45, 2.75) is 33.1 Å². The summed E-state index contributed by atoms with van der Waals surface area (Å²) in [5.74, 6) is 0.735. The molecule has 14 heavy (non-hydrogen) atoms. The number of pyridine rings is 1. The molecule has 0 aromatic carbocycles. The molecule has 0 fully saturated rings. The lowest BCUT2D eigenvalue weighted by Crippen LogP contribution is -2.03. The Balaban J connectivity index is 2.93. The zero-order valence-corrected chi connectivity index (χ0v) is 8.67. The van der Waals surface area contributed by atoms with Gasteiger partial charge in [-0.2, -0.15) is 0 Å². The molecule has 0 N–H and O–H groups in total. The molecular formula is C11H15F2N. The van der Waals surface area contributed by atoms with Crippen LogP contribution in [-0.4, -0.2) is 4.98 Å². The predicted octanol–water partition coefficient (Wildman–Crippen LogP) is 3.78. The third-order valence-corrected chi connectivity index (χ3v) is 2.55. The maximum Gasteiger partial charge on any atom is 0.280 e. The van der Waals surface area contributed by atoms with Crippen LogP contribution in [0.25, 0.3) is 0 Å². The molecule has 1 rings (SSSR count). The SMILES string of the molecule is CC(C)C(C)c1ccnc(C(F)F)c1. The summed E-state index contributed by atoms with van der Waals surface area (Å²) < 4.78 is 24.7. The largest absolute Gasteiger partial charge is 0.280 e. The van der Waals surface area contributed by atoms with Crippen molar-refractivity contribution < 1.29 is 8.78 Å². The first-order valence-electron chi connectivity index (χ1n) is 4.76. The summed E-state index contributed by atoms with van der Waals surface area (Å²) in [7, 11) is 0. The van der Waals surface area contributed by atoms with Crippen LogP contribution in [0.5, 0.6) is 0 Å². The van der Waals surface area contributed by atoms with Crippen molar-refractivity contribution >= 4 is 0 Å². The maximum atomic E-state index is 12.3. The minimum absolute atomic E-state index is 0.130. The fraction of sp³-hybridized carbons (Fsp3) is 0.545. The molecule has 3 heteroatoms. The highest BCUT2D eigenvalue weighted by molar-refractivity contribution is 5.21. The second kappa shape index (κ2) is 4.49. The Morgan fingerprint density at radius 1 is 1.21 bits per heavy atom. The molecule has 0 spiro atoms. The molecule has 1 unspecified atom stereocenters. The highest BCUT2D eigenvalue weighted by Crippen LogP contribution is 2.26.